The molecule has 0 unspecified atom stereocenters. The number of ether oxygens (including phenoxy) is 1. The van der Waals surface area contributed by atoms with Crippen molar-refractivity contribution < 1.29 is 9.53 Å². The minimum Gasteiger partial charge on any atom is -0.383 e. The molecule has 2 aromatic heterocycles. The van der Waals surface area contributed by atoms with Crippen molar-refractivity contribution >= 4 is 17.2 Å². The number of nitrogens with zero attached hydrogens (tertiary/aromatic N) is 2. The van der Waals surface area contributed by atoms with Crippen LogP contribution in [0, 0.1) is 0 Å². The minimum atomic E-state index is -0.282. The van der Waals surface area contributed by atoms with Crippen molar-refractivity contribution in [3.63, 3.8) is 0 Å². The molecule has 0 aliphatic rings. The quantitative estimate of drug-likeness (QED) is 0.817. The van der Waals surface area contributed by atoms with Crippen LogP contribution in [-0.2, 0) is 18.3 Å². The van der Waals surface area contributed by atoms with Crippen molar-refractivity contribution in [3.05, 3.63) is 56.6 Å². The summed E-state index contributed by atoms with van der Waals surface area (Å²) in [6.07, 6.45) is 1.64. The summed E-state index contributed by atoms with van der Waals surface area (Å²) in [5, 5.41) is 3.96. The summed E-state index contributed by atoms with van der Waals surface area (Å²) < 4.78 is 6.47. The number of aromatic nitrogens is 1. The number of carbonyl (C=O) groups excluding carboxylic acids is 1. The van der Waals surface area contributed by atoms with E-state index in [0.29, 0.717) is 19.7 Å². The van der Waals surface area contributed by atoms with E-state index >= 15 is 0 Å². The second-order valence-corrected chi connectivity index (χ2v) is 5.47. The zero-order valence-electron chi connectivity index (χ0n) is 12.1. The Morgan fingerprint density at radius 2 is 2.24 bits per heavy atom. The van der Waals surface area contributed by atoms with Crippen LogP contribution in [0.1, 0.15) is 15.9 Å². The molecule has 0 aromatic carbocycles. The first-order valence-electron chi connectivity index (χ1n) is 6.58. The standard InChI is InChI=1S/C15H18N2O3S/c1-16-6-3-4-13(14(16)18)15(19)17(7-8-20-2)10-12-5-9-21-11-12/h3-6,9,11H,7-8,10H2,1-2H3. The summed E-state index contributed by atoms with van der Waals surface area (Å²) in [6, 6.07) is 5.24. The largest absolute Gasteiger partial charge is 0.383 e. The van der Waals surface area contributed by atoms with Gasteiger partial charge in [0.2, 0.25) is 0 Å². The number of hydrogen-bond acceptors (Lipinski definition) is 4. The molecule has 0 saturated heterocycles. The Hall–Kier alpha value is -1.92. The average molecular weight is 306 g/mol. The maximum absolute atomic E-state index is 12.6. The molecule has 2 heterocycles. The van der Waals surface area contributed by atoms with Crippen LogP contribution in [0.25, 0.3) is 0 Å². The Bertz CT molecular complexity index is 649. The number of amides is 1. The fourth-order valence-corrected chi connectivity index (χ4v) is 2.65. The van der Waals surface area contributed by atoms with E-state index in [1.54, 1.807) is 48.7 Å². The topological polar surface area (TPSA) is 51.5 Å². The van der Waals surface area contributed by atoms with Crippen LogP contribution in [0.3, 0.4) is 0 Å². The molecule has 112 valence electrons. The average Bonchev–Trinajstić information content (AvgIpc) is 2.98. The van der Waals surface area contributed by atoms with Gasteiger partial charge in [0.1, 0.15) is 5.56 Å². The zero-order chi connectivity index (χ0) is 15.2. The van der Waals surface area contributed by atoms with Crippen LogP contribution in [0.5, 0.6) is 0 Å². The molecule has 0 bridgehead atoms. The Morgan fingerprint density at radius 3 is 2.90 bits per heavy atom. The van der Waals surface area contributed by atoms with E-state index in [1.165, 1.54) is 4.57 Å². The smallest absolute Gasteiger partial charge is 0.263 e. The van der Waals surface area contributed by atoms with Gasteiger partial charge in [-0.2, -0.15) is 11.3 Å². The molecule has 6 heteroatoms. The van der Waals surface area contributed by atoms with Gasteiger partial charge in [-0.1, -0.05) is 0 Å². The summed E-state index contributed by atoms with van der Waals surface area (Å²) in [4.78, 5) is 26.3. The van der Waals surface area contributed by atoms with Crippen molar-refractivity contribution in [1.82, 2.24) is 9.47 Å². The van der Waals surface area contributed by atoms with Gasteiger partial charge in [-0.15, -0.1) is 0 Å². The SMILES string of the molecule is COCCN(Cc1ccsc1)C(=O)c1cccn(C)c1=O. The summed E-state index contributed by atoms with van der Waals surface area (Å²) in [6.45, 7) is 1.36. The van der Waals surface area contributed by atoms with Crippen LogP contribution in [0.4, 0.5) is 0 Å². The molecule has 0 aliphatic carbocycles. The molecule has 0 fully saturated rings. The molecule has 0 N–H and O–H groups in total. The summed E-state index contributed by atoms with van der Waals surface area (Å²) >= 11 is 1.58. The molecular formula is C15H18N2O3S. The van der Waals surface area contributed by atoms with Gasteiger partial charge >= 0.3 is 0 Å². The number of pyridine rings is 1. The maximum Gasteiger partial charge on any atom is 0.263 e. The minimum absolute atomic E-state index is 0.186. The fraction of sp³-hybridized carbons (Fsp3) is 0.333. The molecule has 0 radical (unpaired) electrons. The molecule has 0 saturated carbocycles. The number of hydrogen-bond donors (Lipinski definition) is 0. The summed E-state index contributed by atoms with van der Waals surface area (Å²) in [5.41, 5.74) is 0.957. The van der Waals surface area contributed by atoms with Gasteiger partial charge in [-0.05, 0) is 34.5 Å². The van der Waals surface area contributed by atoms with Crippen LogP contribution in [0.15, 0.2) is 40.0 Å². The van der Waals surface area contributed by atoms with Crippen molar-refractivity contribution in [1.29, 1.82) is 0 Å². The number of methoxy groups -OCH3 is 1. The van der Waals surface area contributed by atoms with Crippen LogP contribution >= 0.6 is 11.3 Å². The van der Waals surface area contributed by atoms with Crippen molar-refractivity contribution in [3.8, 4) is 0 Å². The van der Waals surface area contributed by atoms with E-state index in [-0.39, 0.29) is 17.0 Å². The monoisotopic (exact) mass is 306 g/mol. The van der Waals surface area contributed by atoms with Gasteiger partial charge in [0.05, 0.1) is 6.61 Å². The Labute approximate surface area is 127 Å². The lowest BCUT2D eigenvalue weighted by Crippen LogP contribution is -2.37. The Morgan fingerprint density at radius 1 is 1.43 bits per heavy atom. The fourth-order valence-electron chi connectivity index (χ4n) is 1.99. The number of thiophene rings is 1. The number of rotatable bonds is 6. The third-order valence-corrected chi connectivity index (χ3v) is 3.89. The van der Waals surface area contributed by atoms with E-state index in [2.05, 4.69) is 0 Å². The predicted octanol–water partition coefficient (Wildman–Crippen LogP) is 1.74. The van der Waals surface area contributed by atoms with Gasteiger partial charge in [-0.3, -0.25) is 9.59 Å². The van der Waals surface area contributed by atoms with E-state index < -0.39 is 0 Å². The molecule has 2 aromatic rings. The lowest BCUT2D eigenvalue weighted by atomic mass is 10.2. The molecule has 21 heavy (non-hydrogen) atoms. The van der Waals surface area contributed by atoms with Gasteiger partial charge in [-0.25, -0.2) is 0 Å². The highest BCUT2D eigenvalue weighted by Gasteiger charge is 2.19. The van der Waals surface area contributed by atoms with Crippen LogP contribution < -0.4 is 5.56 Å². The normalized spacial score (nSPS) is 10.6. The molecule has 1 amide bonds. The van der Waals surface area contributed by atoms with Gasteiger partial charge < -0.3 is 14.2 Å². The molecule has 0 aliphatic heterocycles. The summed E-state index contributed by atoms with van der Waals surface area (Å²) in [5.74, 6) is -0.264. The van der Waals surface area contributed by atoms with E-state index in [0.717, 1.165) is 5.56 Å². The van der Waals surface area contributed by atoms with E-state index in [4.69, 9.17) is 4.74 Å². The first kappa shape index (κ1) is 15.5. The second kappa shape index (κ2) is 7.19. The molecule has 2 rings (SSSR count). The second-order valence-electron chi connectivity index (χ2n) is 4.69. The van der Waals surface area contributed by atoms with Crippen LogP contribution in [-0.4, -0.2) is 35.6 Å². The third-order valence-electron chi connectivity index (χ3n) is 3.16. The van der Waals surface area contributed by atoms with Gasteiger partial charge in [0, 0.05) is 33.4 Å². The third kappa shape index (κ3) is 3.80. The Kier molecular flexibility index (Phi) is 5.30. The molecule has 0 atom stereocenters. The molecule has 0 spiro atoms. The lowest BCUT2D eigenvalue weighted by molar-refractivity contribution is 0.0678. The Balaban J connectivity index is 2.24. The van der Waals surface area contributed by atoms with Crippen LogP contribution in [0.2, 0.25) is 0 Å². The highest BCUT2D eigenvalue weighted by molar-refractivity contribution is 7.07. The zero-order valence-corrected chi connectivity index (χ0v) is 12.9. The van der Waals surface area contributed by atoms with E-state index in [9.17, 15) is 9.59 Å². The summed E-state index contributed by atoms with van der Waals surface area (Å²) in [7, 11) is 3.23. The van der Waals surface area contributed by atoms with E-state index in [1.807, 2.05) is 16.8 Å². The molecular weight excluding hydrogens is 288 g/mol. The lowest BCUT2D eigenvalue weighted by Gasteiger charge is -2.22. The maximum atomic E-state index is 12.6. The number of aryl methyl sites for hydroxylation is 1. The van der Waals surface area contributed by atoms with Gasteiger partial charge in [0.25, 0.3) is 11.5 Å². The number of carbonyl (C=O) groups is 1. The molecule has 5 nitrogen and oxygen atoms in total. The van der Waals surface area contributed by atoms with Crippen molar-refractivity contribution in [2.75, 3.05) is 20.3 Å². The van der Waals surface area contributed by atoms with Crippen molar-refractivity contribution in [2.45, 2.75) is 6.54 Å². The first-order chi connectivity index (χ1) is 10.1. The van der Waals surface area contributed by atoms with Crippen molar-refractivity contribution in [2.24, 2.45) is 7.05 Å². The predicted molar refractivity (Wildman–Crippen MR) is 82.6 cm³/mol. The van der Waals surface area contributed by atoms with Gasteiger partial charge in [0.15, 0.2) is 0 Å². The highest BCUT2D eigenvalue weighted by atomic mass is 32.1. The first-order valence-corrected chi connectivity index (χ1v) is 7.52. The highest BCUT2D eigenvalue weighted by Crippen LogP contribution is 2.11.